The Morgan fingerprint density at radius 1 is 1.04 bits per heavy atom. The van der Waals surface area contributed by atoms with Crippen LogP contribution in [0, 0.1) is 5.92 Å². The zero-order valence-electron chi connectivity index (χ0n) is 13.7. The fourth-order valence-electron chi connectivity index (χ4n) is 2.17. The molecule has 2 aromatic carbocycles. The van der Waals surface area contributed by atoms with Crippen molar-refractivity contribution in [3.05, 3.63) is 66.5 Å². The number of aromatic nitrogens is 2. The van der Waals surface area contributed by atoms with E-state index >= 15 is 0 Å². The monoisotopic (exact) mass is 337 g/mol. The number of nitrogens with zero attached hydrogens (tertiary/aromatic N) is 3. The Labute approximate surface area is 146 Å². The van der Waals surface area contributed by atoms with Gasteiger partial charge in [-0.15, -0.1) is 11.8 Å². The minimum Gasteiger partial charge on any atom is -0.335 e. The highest BCUT2D eigenvalue weighted by atomic mass is 32.2. The smallest absolute Gasteiger partial charge is 0.259 e. The largest absolute Gasteiger partial charge is 0.335 e. The number of rotatable bonds is 5. The third-order valence-electron chi connectivity index (χ3n) is 3.45. The zero-order valence-corrected chi connectivity index (χ0v) is 14.5. The molecule has 0 saturated carbocycles. The lowest BCUT2D eigenvalue weighted by Gasteiger charge is -2.09. The van der Waals surface area contributed by atoms with Crippen molar-refractivity contribution in [2.24, 2.45) is 11.1 Å². The maximum absolute atomic E-state index is 5.65. The van der Waals surface area contributed by atoms with Gasteiger partial charge in [0.2, 0.25) is 0 Å². The van der Waals surface area contributed by atoms with Gasteiger partial charge in [-0.2, -0.15) is 4.98 Å². The van der Waals surface area contributed by atoms with Crippen LogP contribution in [0.25, 0.3) is 10.9 Å². The van der Waals surface area contributed by atoms with Crippen molar-refractivity contribution in [3.63, 3.8) is 0 Å². The number of oxime groups is 1. The first-order valence-electron chi connectivity index (χ1n) is 7.85. The minimum atomic E-state index is 0.284. The van der Waals surface area contributed by atoms with Gasteiger partial charge < -0.3 is 4.84 Å². The standard InChI is InChI=1S/C19H19N3OS/c1-14(2)19(24-12-15-8-4-3-5-9-15)22-23-18-16-10-6-7-11-17(16)20-13-21-18/h3-11,13-14H,12H2,1-2H3/b22-19+. The molecule has 0 atom stereocenters. The van der Waals surface area contributed by atoms with Crippen molar-refractivity contribution in [1.82, 2.24) is 9.97 Å². The predicted octanol–water partition coefficient (Wildman–Crippen LogP) is 4.91. The second-order valence-corrected chi connectivity index (χ2v) is 6.64. The molecule has 0 aliphatic heterocycles. The molecule has 4 nitrogen and oxygen atoms in total. The molecule has 0 saturated heterocycles. The quantitative estimate of drug-likeness (QED) is 0.377. The molecule has 0 unspecified atom stereocenters. The summed E-state index contributed by atoms with van der Waals surface area (Å²) in [6, 6.07) is 18.1. The van der Waals surface area contributed by atoms with Gasteiger partial charge in [-0.1, -0.05) is 61.5 Å². The molecule has 0 amide bonds. The Morgan fingerprint density at radius 2 is 1.79 bits per heavy atom. The first kappa shape index (κ1) is 16.5. The Balaban J connectivity index is 1.76. The van der Waals surface area contributed by atoms with Crippen molar-refractivity contribution in [2.75, 3.05) is 0 Å². The van der Waals surface area contributed by atoms with Gasteiger partial charge in [0.15, 0.2) is 0 Å². The summed E-state index contributed by atoms with van der Waals surface area (Å²) in [7, 11) is 0. The molecule has 0 aliphatic rings. The first-order valence-corrected chi connectivity index (χ1v) is 8.84. The predicted molar refractivity (Wildman–Crippen MR) is 100 cm³/mol. The van der Waals surface area contributed by atoms with Gasteiger partial charge in [-0.25, -0.2) is 4.98 Å². The van der Waals surface area contributed by atoms with E-state index in [1.165, 1.54) is 11.9 Å². The maximum Gasteiger partial charge on any atom is 0.259 e. The van der Waals surface area contributed by atoms with Crippen molar-refractivity contribution in [1.29, 1.82) is 0 Å². The maximum atomic E-state index is 5.65. The number of para-hydroxylation sites is 1. The van der Waals surface area contributed by atoms with Crippen molar-refractivity contribution in [3.8, 4) is 5.88 Å². The molecule has 0 radical (unpaired) electrons. The van der Waals surface area contributed by atoms with Crippen molar-refractivity contribution < 1.29 is 4.84 Å². The van der Waals surface area contributed by atoms with Crippen LogP contribution in [0.2, 0.25) is 0 Å². The summed E-state index contributed by atoms with van der Waals surface area (Å²) in [6.45, 7) is 4.22. The summed E-state index contributed by atoms with van der Waals surface area (Å²) in [5.41, 5.74) is 2.11. The molecule has 0 aliphatic carbocycles. The molecule has 0 bridgehead atoms. The molecule has 3 aromatic rings. The molecular formula is C19H19N3OS. The summed E-state index contributed by atoms with van der Waals surface area (Å²) >= 11 is 1.69. The summed E-state index contributed by atoms with van der Waals surface area (Å²) in [4.78, 5) is 14.1. The van der Waals surface area contributed by atoms with Gasteiger partial charge >= 0.3 is 0 Å². The molecule has 0 fully saturated rings. The summed E-state index contributed by atoms with van der Waals surface area (Å²) < 4.78 is 0. The third-order valence-corrected chi connectivity index (χ3v) is 4.77. The van der Waals surface area contributed by atoms with Gasteiger partial charge in [0.05, 0.1) is 10.9 Å². The van der Waals surface area contributed by atoms with Crippen LogP contribution in [-0.2, 0) is 5.75 Å². The summed E-state index contributed by atoms with van der Waals surface area (Å²) in [6.07, 6.45) is 1.50. The van der Waals surface area contributed by atoms with Crippen molar-refractivity contribution in [2.45, 2.75) is 19.6 Å². The van der Waals surface area contributed by atoms with Gasteiger partial charge in [-0.05, 0) is 17.7 Å². The van der Waals surface area contributed by atoms with E-state index in [0.29, 0.717) is 5.88 Å². The highest BCUT2D eigenvalue weighted by Crippen LogP contribution is 2.23. The number of hydrogen-bond acceptors (Lipinski definition) is 5. The second kappa shape index (κ2) is 7.93. The Kier molecular flexibility index (Phi) is 5.43. The summed E-state index contributed by atoms with van der Waals surface area (Å²) in [5.74, 6) is 1.64. The molecule has 1 heterocycles. The fraction of sp³-hybridized carbons (Fsp3) is 0.211. The molecule has 0 spiro atoms. The van der Waals surface area contributed by atoms with Crippen LogP contribution in [0.1, 0.15) is 19.4 Å². The van der Waals surface area contributed by atoms with Crippen LogP contribution in [0.3, 0.4) is 0 Å². The molecule has 0 N–H and O–H groups in total. The number of hydrogen-bond donors (Lipinski definition) is 0. The van der Waals surface area contributed by atoms with E-state index in [1.54, 1.807) is 11.8 Å². The van der Waals surface area contributed by atoms with E-state index in [-0.39, 0.29) is 5.92 Å². The van der Waals surface area contributed by atoms with Gasteiger partial charge in [0, 0.05) is 11.7 Å². The minimum absolute atomic E-state index is 0.284. The third kappa shape index (κ3) is 4.11. The van der Waals surface area contributed by atoms with Crippen LogP contribution >= 0.6 is 11.8 Å². The molecule has 122 valence electrons. The Hall–Kier alpha value is -2.40. The molecular weight excluding hydrogens is 318 g/mol. The highest BCUT2D eigenvalue weighted by Gasteiger charge is 2.10. The van der Waals surface area contributed by atoms with Crippen LogP contribution < -0.4 is 4.84 Å². The second-order valence-electron chi connectivity index (χ2n) is 5.65. The van der Waals surface area contributed by atoms with Gasteiger partial charge in [-0.3, -0.25) is 0 Å². The molecule has 3 rings (SSSR count). The van der Waals surface area contributed by atoms with Crippen molar-refractivity contribution >= 4 is 27.7 Å². The van der Waals surface area contributed by atoms with E-state index in [0.717, 1.165) is 21.7 Å². The lowest BCUT2D eigenvalue weighted by Crippen LogP contribution is -2.06. The highest BCUT2D eigenvalue weighted by molar-refractivity contribution is 8.13. The van der Waals surface area contributed by atoms with Gasteiger partial charge in [0.25, 0.3) is 5.88 Å². The topological polar surface area (TPSA) is 47.4 Å². The molecule has 1 aromatic heterocycles. The number of thioether (sulfide) groups is 1. The average molecular weight is 337 g/mol. The Morgan fingerprint density at radius 3 is 2.58 bits per heavy atom. The number of fused-ring (bicyclic) bond motifs is 1. The zero-order chi connectivity index (χ0) is 16.8. The van der Waals surface area contributed by atoms with E-state index in [9.17, 15) is 0 Å². The molecule has 5 heteroatoms. The SMILES string of the molecule is CC(C)/C(=N\Oc1ncnc2ccccc12)SCc1ccccc1. The molecule has 24 heavy (non-hydrogen) atoms. The van der Waals surface area contributed by atoms with E-state index < -0.39 is 0 Å². The van der Waals surface area contributed by atoms with E-state index in [2.05, 4.69) is 41.1 Å². The first-order chi connectivity index (χ1) is 11.7. The lowest BCUT2D eigenvalue weighted by atomic mass is 10.2. The van der Waals surface area contributed by atoms with Crippen LogP contribution in [-0.4, -0.2) is 15.0 Å². The normalized spacial score (nSPS) is 11.9. The van der Waals surface area contributed by atoms with Crippen LogP contribution in [0.5, 0.6) is 5.88 Å². The van der Waals surface area contributed by atoms with Crippen LogP contribution in [0.4, 0.5) is 0 Å². The fourth-order valence-corrected chi connectivity index (χ4v) is 3.10. The van der Waals surface area contributed by atoms with Gasteiger partial charge in [0.1, 0.15) is 11.4 Å². The Bertz CT molecular complexity index is 829. The summed E-state index contributed by atoms with van der Waals surface area (Å²) in [5, 5.41) is 6.15. The average Bonchev–Trinajstić information content (AvgIpc) is 2.62. The number of benzene rings is 2. The lowest BCUT2D eigenvalue weighted by molar-refractivity contribution is 0.330. The van der Waals surface area contributed by atoms with E-state index in [1.807, 2.05) is 42.5 Å². The van der Waals surface area contributed by atoms with Crippen LogP contribution in [0.15, 0.2) is 66.1 Å². The van der Waals surface area contributed by atoms with E-state index in [4.69, 9.17) is 4.84 Å².